The topological polar surface area (TPSA) is 0 Å². The molecule has 0 bridgehead atoms. The molecule has 25 heavy (non-hydrogen) atoms. The summed E-state index contributed by atoms with van der Waals surface area (Å²) in [5.74, 6) is 0.799. The molecule has 2 heteroatoms. The molecule has 1 aliphatic carbocycles. The number of halogens is 2. The second-order valence-corrected chi connectivity index (χ2v) is 7.72. The zero-order chi connectivity index (χ0) is 17.8. The van der Waals surface area contributed by atoms with E-state index in [4.69, 9.17) is 0 Å². The monoisotopic (exact) mass is 342 g/mol. The minimum atomic E-state index is -0.797. The highest BCUT2D eigenvalue weighted by molar-refractivity contribution is 5.63. The first-order valence-electron chi connectivity index (χ1n) is 9.62. The van der Waals surface area contributed by atoms with Crippen molar-refractivity contribution in [2.75, 3.05) is 0 Å². The summed E-state index contributed by atoms with van der Waals surface area (Å²) in [6, 6.07) is 12.5. The van der Waals surface area contributed by atoms with Crippen molar-refractivity contribution in [1.82, 2.24) is 0 Å². The van der Waals surface area contributed by atoms with Crippen molar-refractivity contribution < 1.29 is 8.78 Å². The molecule has 0 amide bonds. The van der Waals surface area contributed by atoms with Crippen LogP contribution in [0.15, 0.2) is 42.5 Å². The molecule has 0 aliphatic heterocycles. The van der Waals surface area contributed by atoms with Gasteiger partial charge in [-0.25, -0.2) is 8.78 Å². The SMILES string of the molecule is CCC(C)CC1CCC(c2ccc(-c3ccc(F)c(F)c3)cc2)CC1. The summed E-state index contributed by atoms with van der Waals surface area (Å²) >= 11 is 0. The second-order valence-electron chi connectivity index (χ2n) is 7.72. The van der Waals surface area contributed by atoms with Crippen molar-refractivity contribution in [3.63, 3.8) is 0 Å². The zero-order valence-electron chi connectivity index (χ0n) is 15.3. The van der Waals surface area contributed by atoms with Gasteiger partial charge in [0.1, 0.15) is 0 Å². The van der Waals surface area contributed by atoms with Crippen LogP contribution >= 0.6 is 0 Å². The summed E-state index contributed by atoms with van der Waals surface area (Å²) in [7, 11) is 0. The highest BCUT2D eigenvalue weighted by Gasteiger charge is 2.23. The van der Waals surface area contributed by atoms with Crippen LogP contribution in [0.3, 0.4) is 0 Å². The molecule has 1 aliphatic rings. The highest BCUT2D eigenvalue weighted by Crippen LogP contribution is 2.39. The quantitative estimate of drug-likeness (QED) is 0.533. The molecule has 1 atom stereocenters. The van der Waals surface area contributed by atoms with E-state index in [0.29, 0.717) is 5.92 Å². The van der Waals surface area contributed by atoms with Crippen LogP contribution in [-0.2, 0) is 0 Å². The summed E-state index contributed by atoms with van der Waals surface area (Å²) < 4.78 is 26.5. The fourth-order valence-corrected chi connectivity index (χ4v) is 4.09. The van der Waals surface area contributed by atoms with Gasteiger partial charge in [0, 0.05) is 0 Å². The van der Waals surface area contributed by atoms with Crippen molar-refractivity contribution in [1.29, 1.82) is 0 Å². The third-order valence-electron chi connectivity index (χ3n) is 5.91. The van der Waals surface area contributed by atoms with E-state index in [0.717, 1.165) is 23.0 Å². The molecule has 3 rings (SSSR count). The van der Waals surface area contributed by atoms with Gasteiger partial charge in [-0.1, -0.05) is 50.6 Å². The van der Waals surface area contributed by atoms with Gasteiger partial charge in [-0.15, -0.1) is 0 Å². The van der Waals surface area contributed by atoms with Gasteiger partial charge in [-0.2, -0.15) is 0 Å². The molecule has 0 radical (unpaired) electrons. The van der Waals surface area contributed by atoms with Crippen molar-refractivity contribution in [3.8, 4) is 11.1 Å². The fourth-order valence-electron chi connectivity index (χ4n) is 4.09. The summed E-state index contributed by atoms with van der Waals surface area (Å²) in [5, 5.41) is 0. The smallest absolute Gasteiger partial charge is 0.159 e. The molecule has 0 spiro atoms. The normalized spacial score (nSPS) is 21.9. The molecular weight excluding hydrogens is 314 g/mol. The largest absolute Gasteiger partial charge is 0.204 e. The van der Waals surface area contributed by atoms with Crippen LogP contribution in [0.4, 0.5) is 8.78 Å². The Bertz CT molecular complexity index is 682. The van der Waals surface area contributed by atoms with Crippen molar-refractivity contribution >= 4 is 0 Å². The molecule has 0 aromatic heterocycles. The first-order valence-corrected chi connectivity index (χ1v) is 9.62. The molecular formula is C23H28F2. The fraction of sp³-hybridized carbons (Fsp3) is 0.478. The van der Waals surface area contributed by atoms with E-state index in [1.165, 1.54) is 56.2 Å². The Kier molecular flexibility index (Phi) is 5.88. The van der Waals surface area contributed by atoms with Crippen LogP contribution in [0.5, 0.6) is 0 Å². The lowest BCUT2D eigenvalue weighted by Gasteiger charge is -2.30. The Balaban J connectivity index is 1.62. The van der Waals surface area contributed by atoms with E-state index in [-0.39, 0.29) is 0 Å². The second kappa shape index (κ2) is 8.12. The predicted molar refractivity (Wildman–Crippen MR) is 101 cm³/mol. The van der Waals surface area contributed by atoms with E-state index >= 15 is 0 Å². The molecule has 2 aromatic rings. The lowest BCUT2D eigenvalue weighted by atomic mass is 9.75. The Morgan fingerprint density at radius 1 is 0.880 bits per heavy atom. The first-order chi connectivity index (χ1) is 12.1. The number of benzene rings is 2. The van der Waals surface area contributed by atoms with Gasteiger partial charge in [0.15, 0.2) is 11.6 Å². The Labute approximate surface area is 150 Å². The van der Waals surface area contributed by atoms with Crippen molar-refractivity contribution in [3.05, 3.63) is 59.7 Å². The third-order valence-corrected chi connectivity index (χ3v) is 5.91. The maximum absolute atomic E-state index is 13.4. The summed E-state index contributed by atoms with van der Waals surface area (Å²) in [5.41, 5.74) is 3.05. The number of rotatable bonds is 5. The summed E-state index contributed by atoms with van der Waals surface area (Å²) in [6.45, 7) is 4.65. The van der Waals surface area contributed by atoms with Gasteiger partial charge in [-0.05, 0) is 78.7 Å². The number of hydrogen-bond acceptors (Lipinski definition) is 0. The Hall–Kier alpha value is -1.70. The maximum Gasteiger partial charge on any atom is 0.159 e. The third kappa shape index (κ3) is 4.48. The average molecular weight is 342 g/mol. The van der Waals surface area contributed by atoms with Gasteiger partial charge in [0.05, 0.1) is 0 Å². The molecule has 1 unspecified atom stereocenters. The van der Waals surface area contributed by atoms with E-state index in [9.17, 15) is 8.78 Å². The highest BCUT2D eigenvalue weighted by atomic mass is 19.2. The van der Waals surface area contributed by atoms with Gasteiger partial charge in [0.2, 0.25) is 0 Å². The molecule has 1 fully saturated rings. The molecule has 0 heterocycles. The van der Waals surface area contributed by atoms with Crippen LogP contribution in [0, 0.1) is 23.5 Å². The number of hydrogen-bond donors (Lipinski definition) is 0. The predicted octanol–water partition coefficient (Wildman–Crippen LogP) is 7.34. The van der Waals surface area contributed by atoms with E-state index in [2.05, 4.69) is 26.0 Å². The molecule has 0 nitrogen and oxygen atoms in total. The van der Waals surface area contributed by atoms with Gasteiger partial charge in [0.25, 0.3) is 0 Å². The molecule has 2 aromatic carbocycles. The van der Waals surface area contributed by atoms with Crippen LogP contribution in [0.2, 0.25) is 0 Å². The minimum Gasteiger partial charge on any atom is -0.204 e. The maximum atomic E-state index is 13.4. The summed E-state index contributed by atoms with van der Waals surface area (Å²) in [6.07, 6.45) is 7.86. The lowest BCUT2D eigenvalue weighted by Crippen LogP contribution is -2.15. The standard InChI is InChI=1S/C23H28F2/c1-3-16(2)14-17-4-6-18(7-5-17)19-8-10-20(11-9-19)21-12-13-22(24)23(25)15-21/h8-13,15-18H,3-7,14H2,1-2H3. The zero-order valence-corrected chi connectivity index (χ0v) is 15.3. The van der Waals surface area contributed by atoms with Gasteiger partial charge in [-0.3, -0.25) is 0 Å². The van der Waals surface area contributed by atoms with Crippen molar-refractivity contribution in [2.24, 2.45) is 11.8 Å². The average Bonchev–Trinajstić information content (AvgIpc) is 2.65. The summed E-state index contributed by atoms with van der Waals surface area (Å²) in [4.78, 5) is 0. The lowest BCUT2D eigenvalue weighted by molar-refractivity contribution is 0.273. The Morgan fingerprint density at radius 2 is 1.52 bits per heavy atom. The van der Waals surface area contributed by atoms with E-state index < -0.39 is 11.6 Å². The van der Waals surface area contributed by atoms with Crippen LogP contribution in [0.1, 0.15) is 63.9 Å². The van der Waals surface area contributed by atoms with Crippen LogP contribution < -0.4 is 0 Å². The van der Waals surface area contributed by atoms with Gasteiger partial charge < -0.3 is 0 Å². The Morgan fingerprint density at radius 3 is 2.12 bits per heavy atom. The van der Waals surface area contributed by atoms with E-state index in [1.807, 2.05) is 12.1 Å². The van der Waals surface area contributed by atoms with Gasteiger partial charge >= 0.3 is 0 Å². The van der Waals surface area contributed by atoms with Crippen LogP contribution in [0.25, 0.3) is 11.1 Å². The minimum absolute atomic E-state index is 0.646. The van der Waals surface area contributed by atoms with Crippen LogP contribution in [-0.4, -0.2) is 0 Å². The van der Waals surface area contributed by atoms with Crippen molar-refractivity contribution in [2.45, 2.75) is 58.3 Å². The molecule has 134 valence electrons. The first kappa shape index (κ1) is 18.1. The molecule has 0 saturated heterocycles. The molecule has 0 N–H and O–H groups in total. The molecule has 1 saturated carbocycles. The van der Waals surface area contributed by atoms with E-state index in [1.54, 1.807) is 6.07 Å².